The lowest BCUT2D eigenvalue weighted by molar-refractivity contribution is -0.113. The van der Waals surface area contributed by atoms with Crippen LogP contribution in [0.15, 0.2) is 24.3 Å². The summed E-state index contributed by atoms with van der Waals surface area (Å²) < 4.78 is 0. The van der Waals surface area contributed by atoms with Gasteiger partial charge in [-0.15, -0.1) is 0 Å². The predicted octanol–water partition coefficient (Wildman–Crippen LogP) is 19.2. The van der Waals surface area contributed by atoms with E-state index in [-0.39, 0.29) is 15.8 Å². The van der Waals surface area contributed by atoms with Gasteiger partial charge in [0.15, 0.2) is 0 Å². The fourth-order valence-electron chi connectivity index (χ4n) is 24.4. The average molecular weight is 931 g/mol. The van der Waals surface area contributed by atoms with Crippen LogP contribution in [-0.4, -0.2) is 20.6 Å². The van der Waals surface area contributed by atoms with E-state index in [0.29, 0.717) is 63.9 Å². The third-order valence-electron chi connectivity index (χ3n) is 26.5. The predicted molar refractivity (Wildman–Crippen MR) is 285 cm³/mol. The fraction of sp³-hybridized carbons (Fsp3) is 0.906. The molecule has 16 saturated carbocycles. The van der Waals surface area contributed by atoms with Crippen LogP contribution in [0, 0.1) is 90.7 Å². The fourth-order valence-corrected chi connectivity index (χ4v) is 34.7. The van der Waals surface area contributed by atoms with Crippen molar-refractivity contribution in [3.05, 3.63) is 35.4 Å². The molecule has 0 aliphatic heterocycles. The zero-order valence-corrected chi connectivity index (χ0v) is 47.0. The maximum atomic E-state index is 2.82. The topological polar surface area (TPSA) is 0 Å². The monoisotopic (exact) mass is 931 g/mol. The molecule has 0 aromatic heterocycles. The minimum Gasteiger partial charge on any atom is -0.0894 e. The number of rotatable bonds is 8. The van der Waals surface area contributed by atoms with Gasteiger partial charge in [-0.2, -0.15) is 0 Å². The van der Waals surface area contributed by atoms with Crippen LogP contribution in [0.2, 0.25) is 0 Å². The highest BCUT2D eigenvalue weighted by atomic mass is 31.1. The molecule has 2 heteroatoms. The molecule has 17 rings (SSSR count). The Labute approximate surface area is 410 Å². The maximum absolute atomic E-state index is 2.82. The third-order valence-corrected chi connectivity index (χ3v) is 34.5. The molecule has 8 unspecified atom stereocenters. The second kappa shape index (κ2) is 14.0. The van der Waals surface area contributed by atoms with Gasteiger partial charge in [-0.1, -0.05) is 123 Å². The van der Waals surface area contributed by atoms with Crippen LogP contribution in [0.3, 0.4) is 0 Å². The molecule has 1 aromatic rings. The summed E-state index contributed by atoms with van der Waals surface area (Å²) in [6.45, 7) is 32.2. The van der Waals surface area contributed by atoms with E-state index in [1.807, 2.05) is 0 Å². The molecule has 0 nitrogen and oxygen atoms in total. The van der Waals surface area contributed by atoms with Gasteiger partial charge in [-0.05, 0) is 289 Å². The minimum atomic E-state index is -0.137. The summed E-state index contributed by atoms with van der Waals surface area (Å²) in [6.07, 6.45) is 40.8. The second-order valence-corrected chi connectivity index (χ2v) is 40.0. The third kappa shape index (κ3) is 6.50. The van der Waals surface area contributed by atoms with Crippen LogP contribution in [-0.2, 0) is 12.3 Å². The number of hydrogen-bond acceptors (Lipinski definition) is 0. The molecule has 0 radical (unpaired) electrons. The van der Waals surface area contributed by atoms with E-state index in [0.717, 1.165) is 47.3 Å². The van der Waals surface area contributed by atoms with Crippen LogP contribution >= 0.6 is 15.8 Å². The summed E-state index contributed by atoms with van der Waals surface area (Å²) in [5.41, 5.74) is 7.58. The molecule has 16 aliphatic rings. The van der Waals surface area contributed by atoms with Crippen molar-refractivity contribution >= 4 is 15.8 Å². The Kier molecular flexibility index (Phi) is 9.75. The smallest absolute Gasteiger partial charge is 0.00631 e. The van der Waals surface area contributed by atoms with Gasteiger partial charge < -0.3 is 0 Å². The van der Waals surface area contributed by atoms with Crippen molar-refractivity contribution < 1.29 is 0 Å². The lowest BCUT2D eigenvalue weighted by Gasteiger charge is -2.74. The lowest BCUT2D eigenvalue weighted by atomic mass is 9.43. The zero-order valence-electron chi connectivity index (χ0n) is 45.2. The van der Waals surface area contributed by atoms with Crippen molar-refractivity contribution in [3.63, 3.8) is 0 Å². The molecular formula is C64H100P2. The largest absolute Gasteiger partial charge is 0.0894 e. The summed E-state index contributed by atoms with van der Waals surface area (Å²) in [6, 6.07) is 11.3. The van der Waals surface area contributed by atoms with Gasteiger partial charge in [0.1, 0.15) is 0 Å². The number of benzene rings is 1. The average Bonchev–Trinajstić information content (AvgIpc) is 3.16. The van der Waals surface area contributed by atoms with Crippen molar-refractivity contribution in [1.82, 2.24) is 0 Å². The van der Waals surface area contributed by atoms with Crippen molar-refractivity contribution in [2.75, 3.05) is 0 Å². The molecule has 16 aliphatic carbocycles. The van der Waals surface area contributed by atoms with Crippen LogP contribution in [0.25, 0.3) is 0 Å². The van der Waals surface area contributed by atoms with E-state index in [2.05, 4.69) is 107 Å². The standard InChI is InChI=1S/C64H100P2/c1-53(2,3)57-21-45-17-46(22-57)30-61(29-45,39-57)65(62-31-47-18-48(32-62)24-58(23-47,40-62)54(4,5)6)37-43-13-15-44(16-14-43)38-66(63-33-49-19-50(34-63)26-59(25-49,41-63)55(7,8)9)64-35-51-20-52(36-64)28-60(27-51,42-64)56(10,11)12/h13-16,45-52H,17-42H2,1-12H3. The minimum absolute atomic E-state index is 0.137. The molecule has 0 N–H and O–H groups in total. The van der Waals surface area contributed by atoms with E-state index in [1.165, 1.54) is 12.3 Å². The second-order valence-electron chi connectivity index (χ2n) is 33.9. The molecule has 0 spiro atoms. The van der Waals surface area contributed by atoms with E-state index >= 15 is 0 Å². The highest BCUT2D eigenvalue weighted by molar-refractivity contribution is 7.60. The summed E-state index contributed by atoms with van der Waals surface area (Å²) in [5.74, 6) is 8.05. The summed E-state index contributed by atoms with van der Waals surface area (Å²) >= 11 is 0. The Morgan fingerprint density at radius 1 is 0.318 bits per heavy atom. The first kappa shape index (κ1) is 45.9. The van der Waals surface area contributed by atoms with Crippen molar-refractivity contribution in [1.29, 1.82) is 0 Å². The van der Waals surface area contributed by atoms with Crippen molar-refractivity contribution in [2.45, 2.75) is 270 Å². The molecule has 0 heterocycles. The van der Waals surface area contributed by atoms with Crippen LogP contribution < -0.4 is 0 Å². The Morgan fingerprint density at radius 3 is 0.667 bits per heavy atom. The van der Waals surface area contributed by atoms with Gasteiger partial charge in [0.05, 0.1) is 0 Å². The number of hydrogen-bond donors (Lipinski definition) is 0. The van der Waals surface area contributed by atoms with Crippen LogP contribution in [0.5, 0.6) is 0 Å². The van der Waals surface area contributed by atoms with E-state index in [1.54, 1.807) is 165 Å². The van der Waals surface area contributed by atoms with Gasteiger partial charge >= 0.3 is 0 Å². The molecular weight excluding hydrogens is 831 g/mol. The molecule has 0 saturated heterocycles. The molecule has 16 bridgehead atoms. The quantitative estimate of drug-likeness (QED) is 0.228. The highest BCUT2D eigenvalue weighted by Gasteiger charge is 2.72. The van der Waals surface area contributed by atoms with Crippen molar-refractivity contribution in [2.24, 2.45) is 90.7 Å². The van der Waals surface area contributed by atoms with Crippen LogP contribution in [0.4, 0.5) is 0 Å². The van der Waals surface area contributed by atoms with Crippen LogP contribution in [0.1, 0.15) is 248 Å². The molecule has 0 amide bonds. The SMILES string of the molecule is CC(C)(C)C12CC3CC(CC(P(Cc4ccc(CP(C56CC7CC(C5)CC(C(C)(C)C)(C7)C6)C56CC7CC(C5)CC(C(C)(C)C)(C7)C6)cc4)C45CC6CC(C4)CC(C(C)(C)C)(C6)C5)(C3)C1)C2. The normalized spacial score (nSPS) is 51.6. The summed E-state index contributed by atoms with van der Waals surface area (Å²) in [5, 5.41) is 2.47. The highest BCUT2D eigenvalue weighted by Crippen LogP contribution is 2.86. The van der Waals surface area contributed by atoms with Gasteiger partial charge in [0.25, 0.3) is 0 Å². The maximum Gasteiger partial charge on any atom is -0.00631 e. The zero-order chi connectivity index (χ0) is 46.1. The first-order chi connectivity index (χ1) is 30.7. The Hall–Kier alpha value is 0.0800. The summed E-state index contributed by atoms with van der Waals surface area (Å²) in [7, 11) is -0.274. The van der Waals surface area contributed by atoms with Crippen molar-refractivity contribution in [3.8, 4) is 0 Å². The molecule has 366 valence electrons. The summed E-state index contributed by atoms with van der Waals surface area (Å²) in [4.78, 5) is 0. The Balaban J connectivity index is 0.878. The van der Waals surface area contributed by atoms with Gasteiger partial charge in [0.2, 0.25) is 0 Å². The van der Waals surface area contributed by atoms with E-state index in [9.17, 15) is 0 Å². The van der Waals surface area contributed by atoms with Gasteiger partial charge in [0, 0.05) is 0 Å². The van der Waals surface area contributed by atoms with Gasteiger partial charge in [-0.25, -0.2) is 0 Å². The van der Waals surface area contributed by atoms with E-state index in [4.69, 9.17) is 0 Å². The first-order valence-electron chi connectivity index (χ1n) is 29.3. The molecule has 66 heavy (non-hydrogen) atoms. The Bertz CT molecular complexity index is 1760. The molecule has 1 aromatic carbocycles. The lowest BCUT2D eigenvalue weighted by Crippen LogP contribution is -2.63. The van der Waals surface area contributed by atoms with E-state index < -0.39 is 0 Å². The Morgan fingerprint density at radius 2 is 0.500 bits per heavy atom. The molecule has 16 fully saturated rings. The van der Waals surface area contributed by atoms with Gasteiger partial charge in [-0.3, -0.25) is 0 Å². The first-order valence-corrected chi connectivity index (χ1v) is 32.4. The molecule has 8 atom stereocenters.